The average molecular weight is 402 g/mol. The molecule has 7 heteroatoms. The third-order valence-electron chi connectivity index (χ3n) is 4.90. The lowest BCUT2D eigenvalue weighted by atomic mass is 10.2. The van der Waals surface area contributed by atoms with E-state index in [1.54, 1.807) is 12.4 Å². The van der Waals surface area contributed by atoms with Crippen molar-refractivity contribution in [3.63, 3.8) is 0 Å². The fourth-order valence-electron chi connectivity index (χ4n) is 3.53. The van der Waals surface area contributed by atoms with Crippen LogP contribution in [0, 0.1) is 0 Å². The lowest BCUT2D eigenvalue weighted by Crippen LogP contribution is -2.20. The van der Waals surface area contributed by atoms with Crippen molar-refractivity contribution >= 4 is 44.8 Å². The Morgan fingerprint density at radius 3 is 2.45 bits per heavy atom. The quantitative estimate of drug-likeness (QED) is 0.424. The summed E-state index contributed by atoms with van der Waals surface area (Å²) in [6.45, 7) is 4.60. The lowest BCUT2D eigenvalue weighted by Gasteiger charge is -2.07. The zero-order chi connectivity index (χ0) is 20.0. The van der Waals surface area contributed by atoms with Gasteiger partial charge < -0.3 is 4.57 Å². The minimum atomic E-state index is -0.153. The van der Waals surface area contributed by atoms with Crippen molar-refractivity contribution < 1.29 is 0 Å². The number of aromatic nitrogens is 5. The summed E-state index contributed by atoms with van der Waals surface area (Å²) in [5.41, 5.74) is 4.14. The third kappa shape index (κ3) is 2.89. The Morgan fingerprint density at radius 1 is 1.00 bits per heavy atom. The van der Waals surface area contributed by atoms with Gasteiger partial charge in [0.1, 0.15) is 17.2 Å². The van der Waals surface area contributed by atoms with Crippen LogP contribution in [0.25, 0.3) is 33.2 Å². The molecule has 5 rings (SSSR count). The highest BCUT2D eigenvalue weighted by molar-refractivity contribution is 6.30. The molecule has 2 aromatic carbocycles. The van der Waals surface area contributed by atoms with Crippen molar-refractivity contribution in [3.05, 3.63) is 88.5 Å². The van der Waals surface area contributed by atoms with Gasteiger partial charge in [-0.05, 0) is 29.8 Å². The molecule has 6 nitrogen and oxygen atoms in total. The van der Waals surface area contributed by atoms with Crippen molar-refractivity contribution in [2.45, 2.75) is 13.1 Å². The SMILES string of the molecule is C=CCn1cnc2c(c1=O)c1nc3ccccc3nc1n2Cc1ccc(Cl)cc1. The Bertz CT molecular complexity index is 1450. The summed E-state index contributed by atoms with van der Waals surface area (Å²) in [6.07, 6.45) is 3.21. The van der Waals surface area contributed by atoms with Crippen LogP contribution in [0.4, 0.5) is 0 Å². The number of benzene rings is 2. The van der Waals surface area contributed by atoms with E-state index in [9.17, 15) is 4.79 Å². The Hall–Kier alpha value is -3.51. The number of para-hydroxylation sites is 2. The molecular weight excluding hydrogens is 386 g/mol. The van der Waals surface area contributed by atoms with Crippen LogP contribution in [0.3, 0.4) is 0 Å². The monoisotopic (exact) mass is 401 g/mol. The first-order valence-electron chi connectivity index (χ1n) is 9.15. The molecule has 29 heavy (non-hydrogen) atoms. The second kappa shape index (κ2) is 6.83. The highest BCUT2D eigenvalue weighted by Gasteiger charge is 2.19. The molecule has 0 radical (unpaired) electrons. The average Bonchev–Trinajstić information content (AvgIpc) is 3.03. The molecule has 0 atom stereocenters. The number of fused-ring (bicyclic) bond motifs is 4. The van der Waals surface area contributed by atoms with Gasteiger partial charge in [-0.25, -0.2) is 15.0 Å². The summed E-state index contributed by atoms with van der Waals surface area (Å²) in [5, 5.41) is 1.14. The van der Waals surface area contributed by atoms with Gasteiger partial charge in [0.2, 0.25) is 0 Å². The molecule has 0 saturated heterocycles. The summed E-state index contributed by atoms with van der Waals surface area (Å²) in [6, 6.07) is 15.2. The van der Waals surface area contributed by atoms with E-state index in [1.807, 2.05) is 53.1 Å². The van der Waals surface area contributed by atoms with Crippen LogP contribution in [-0.4, -0.2) is 24.1 Å². The fourth-order valence-corrected chi connectivity index (χ4v) is 3.66. The van der Waals surface area contributed by atoms with E-state index < -0.39 is 0 Å². The van der Waals surface area contributed by atoms with Crippen molar-refractivity contribution in [2.24, 2.45) is 0 Å². The summed E-state index contributed by atoms with van der Waals surface area (Å²) < 4.78 is 3.46. The second-order valence-corrected chi connectivity index (χ2v) is 7.22. The molecule has 0 unspecified atom stereocenters. The Kier molecular flexibility index (Phi) is 4.14. The normalized spacial score (nSPS) is 11.5. The van der Waals surface area contributed by atoms with Gasteiger partial charge in [0.25, 0.3) is 5.56 Å². The van der Waals surface area contributed by atoms with E-state index in [2.05, 4.69) is 11.6 Å². The van der Waals surface area contributed by atoms with Crippen molar-refractivity contribution in [2.75, 3.05) is 0 Å². The second-order valence-electron chi connectivity index (χ2n) is 6.79. The van der Waals surface area contributed by atoms with Crippen LogP contribution in [0.5, 0.6) is 0 Å². The maximum absolute atomic E-state index is 13.2. The van der Waals surface area contributed by atoms with Crippen LogP contribution in [0.2, 0.25) is 5.02 Å². The zero-order valence-electron chi connectivity index (χ0n) is 15.4. The predicted octanol–water partition coefficient (Wildman–Crippen LogP) is 4.18. The molecule has 3 heterocycles. The fraction of sp³-hybridized carbons (Fsp3) is 0.0909. The van der Waals surface area contributed by atoms with Crippen LogP contribution in [0.1, 0.15) is 5.56 Å². The summed E-state index contributed by atoms with van der Waals surface area (Å²) in [4.78, 5) is 27.3. The van der Waals surface area contributed by atoms with Crippen molar-refractivity contribution in [1.82, 2.24) is 24.1 Å². The highest BCUT2D eigenvalue weighted by Crippen LogP contribution is 2.26. The topological polar surface area (TPSA) is 65.6 Å². The van der Waals surface area contributed by atoms with E-state index >= 15 is 0 Å². The number of allylic oxidation sites excluding steroid dienone is 1. The molecule has 0 aliphatic carbocycles. The minimum absolute atomic E-state index is 0.153. The molecule has 0 spiro atoms. The Balaban J connectivity index is 1.86. The van der Waals surface area contributed by atoms with E-state index in [0.29, 0.717) is 40.3 Å². The molecule has 0 fully saturated rings. The highest BCUT2D eigenvalue weighted by atomic mass is 35.5. The van der Waals surface area contributed by atoms with Gasteiger partial charge in [-0.15, -0.1) is 6.58 Å². The number of nitrogens with zero attached hydrogens (tertiary/aromatic N) is 5. The summed E-state index contributed by atoms with van der Waals surface area (Å²) in [5.74, 6) is 0. The van der Waals surface area contributed by atoms with Crippen LogP contribution in [-0.2, 0) is 13.1 Å². The van der Waals surface area contributed by atoms with E-state index in [1.165, 1.54) is 4.57 Å². The lowest BCUT2D eigenvalue weighted by molar-refractivity contribution is 0.759. The maximum Gasteiger partial charge on any atom is 0.265 e. The molecule has 142 valence electrons. The predicted molar refractivity (Wildman–Crippen MR) is 115 cm³/mol. The van der Waals surface area contributed by atoms with Gasteiger partial charge in [-0.1, -0.05) is 41.9 Å². The number of halogens is 1. The molecule has 0 saturated carbocycles. The first-order valence-corrected chi connectivity index (χ1v) is 9.53. The van der Waals surface area contributed by atoms with E-state index in [4.69, 9.17) is 21.6 Å². The van der Waals surface area contributed by atoms with Crippen molar-refractivity contribution in [1.29, 1.82) is 0 Å². The molecule has 0 aliphatic rings. The molecule has 0 amide bonds. The largest absolute Gasteiger partial charge is 0.304 e. The standard InChI is InChI=1S/C22H16ClN5O/c1-2-11-27-13-24-20-18(22(27)29)19-21(26-17-6-4-3-5-16(17)25-19)28(20)12-14-7-9-15(23)10-8-14/h2-10,13H,1,11-12H2. The molecule has 0 N–H and O–H groups in total. The Morgan fingerprint density at radius 2 is 1.72 bits per heavy atom. The van der Waals surface area contributed by atoms with Crippen molar-refractivity contribution in [3.8, 4) is 0 Å². The van der Waals surface area contributed by atoms with E-state index in [0.717, 1.165) is 16.6 Å². The van der Waals surface area contributed by atoms with Gasteiger partial charge >= 0.3 is 0 Å². The van der Waals surface area contributed by atoms with Gasteiger partial charge in [-0.3, -0.25) is 9.36 Å². The van der Waals surface area contributed by atoms with Crippen LogP contribution < -0.4 is 5.56 Å². The smallest absolute Gasteiger partial charge is 0.265 e. The van der Waals surface area contributed by atoms with Crippen LogP contribution >= 0.6 is 11.6 Å². The first-order chi connectivity index (χ1) is 14.2. The zero-order valence-corrected chi connectivity index (χ0v) is 16.2. The van der Waals surface area contributed by atoms with Gasteiger partial charge in [0.05, 0.1) is 17.6 Å². The Labute approximate surface area is 170 Å². The third-order valence-corrected chi connectivity index (χ3v) is 5.15. The summed E-state index contributed by atoms with van der Waals surface area (Å²) >= 11 is 6.02. The van der Waals surface area contributed by atoms with Gasteiger partial charge in [0.15, 0.2) is 11.3 Å². The minimum Gasteiger partial charge on any atom is -0.304 e. The summed E-state index contributed by atoms with van der Waals surface area (Å²) in [7, 11) is 0. The first kappa shape index (κ1) is 17.6. The maximum atomic E-state index is 13.2. The molecule has 3 aromatic heterocycles. The number of hydrogen-bond acceptors (Lipinski definition) is 4. The van der Waals surface area contributed by atoms with Gasteiger partial charge in [0, 0.05) is 11.6 Å². The molecular formula is C22H16ClN5O. The molecule has 5 aromatic rings. The molecule has 0 bridgehead atoms. The van der Waals surface area contributed by atoms with Gasteiger partial charge in [-0.2, -0.15) is 0 Å². The van der Waals surface area contributed by atoms with E-state index in [-0.39, 0.29) is 5.56 Å². The number of hydrogen-bond donors (Lipinski definition) is 0. The number of rotatable bonds is 4. The molecule has 0 aliphatic heterocycles. The van der Waals surface area contributed by atoms with Crippen LogP contribution in [0.15, 0.2) is 72.3 Å².